The van der Waals surface area contributed by atoms with Crippen molar-refractivity contribution in [3.63, 3.8) is 0 Å². The first kappa shape index (κ1) is 20.2. The molecule has 1 N–H and O–H groups in total. The molecule has 150 valence electrons. The fourth-order valence-corrected chi connectivity index (χ4v) is 3.73. The highest BCUT2D eigenvalue weighted by atomic mass is 16.5. The van der Waals surface area contributed by atoms with Crippen LogP contribution in [0, 0.1) is 0 Å². The van der Waals surface area contributed by atoms with Gasteiger partial charge in [-0.2, -0.15) is 0 Å². The van der Waals surface area contributed by atoms with Crippen molar-refractivity contribution in [3.05, 3.63) is 59.7 Å². The molecule has 1 saturated heterocycles. The van der Waals surface area contributed by atoms with Crippen LogP contribution in [0.2, 0.25) is 0 Å². The van der Waals surface area contributed by atoms with Crippen molar-refractivity contribution in [2.45, 2.75) is 25.3 Å². The molecule has 1 atom stereocenters. The summed E-state index contributed by atoms with van der Waals surface area (Å²) in [4.78, 5) is 17.3. The van der Waals surface area contributed by atoms with Crippen molar-refractivity contribution >= 4 is 11.6 Å². The molecule has 0 saturated carbocycles. The Labute approximate surface area is 168 Å². The number of anilines is 1. The van der Waals surface area contributed by atoms with E-state index in [4.69, 9.17) is 4.74 Å². The number of hydrogen-bond acceptors (Lipinski definition) is 4. The van der Waals surface area contributed by atoms with Crippen LogP contribution in [0.25, 0.3) is 0 Å². The summed E-state index contributed by atoms with van der Waals surface area (Å²) in [6.45, 7) is 2.74. The number of ether oxygens (including phenoxy) is 1. The lowest BCUT2D eigenvalue weighted by Gasteiger charge is -2.35. The van der Waals surface area contributed by atoms with Gasteiger partial charge in [0.2, 0.25) is 0 Å². The molecular weight excluding hydrogens is 350 g/mol. The van der Waals surface area contributed by atoms with Gasteiger partial charge in [0.1, 0.15) is 5.75 Å². The Balaban J connectivity index is 1.73. The first-order valence-corrected chi connectivity index (χ1v) is 10.0. The van der Waals surface area contributed by atoms with Gasteiger partial charge in [-0.15, -0.1) is 0 Å². The molecule has 3 rings (SSSR count). The molecule has 1 aliphatic heterocycles. The predicted octanol–water partition coefficient (Wildman–Crippen LogP) is 3.72. The lowest BCUT2D eigenvalue weighted by atomic mass is 10.0. The Hall–Kier alpha value is -2.53. The quantitative estimate of drug-likeness (QED) is 0.794. The molecule has 0 aromatic heterocycles. The van der Waals surface area contributed by atoms with Gasteiger partial charge < -0.3 is 15.0 Å². The summed E-state index contributed by atoms with van der Waals surface area (Å²) >= 11 is 0. The van der Waals surface area contributed by atoms with Crippen LogP contribution < -0.4 is 15.0 Å². The standard InChI is InChI=1S/C23H31N3O2/c1-25(2)20-9-7-8-19(16-20)23(27)24-17-22(26-14-5-4-6-15-26)18-10-12-21(28-3)13-11-18/h7-13,16,22H,4-6,14-15,17H2,1-3H3,(H,24,27). The number of piperidine rings is 1. The van der Waals surface area contributed by atoms with Crippen LogP contribution in [0.5, 0.6) is 5.75 Å². The van der Waals surface area contributed by atoms with E-state index in [1.165, 1.54) is 24.8 Å². The van der Waals surface area contributed by atoms with Crippen molar-refractivity contribution < 1.29 is 9.53 Å². The number of nitrogens with zero attached hydrogens (tertiary/aromatic N) is 2. The number of hydrogen-bond donors (Lipinski definition) is 1. The highest BCUT2D eigenvalue weighted by Gasteiger charge is 2.23. The zero-order chi connectivity index (χ0) is 19.9. The monoisotopic (exact) mass is 381 g/mol. The molecule has 1 heterocycles. The average molecular weight is 382 g/mol. The van der Waals surface area contributed by atoms with Crippen LogP contribution in [0.4, 0.5) is 5.69 Å². The van der Waals surface area contributed by atoms with Crippen molar-refractivity contribution in [1.29, 1.82) is 0 Å². The van der Waals surface area contributed by atoms with Gasteiger partial charge in [-0.3, -0.25) is 9.69 Å². The van der Waals surface area contributed by atoms with Gasteiger partial charge in [0.15, 0.2) is 0 Å². The molecule has 0 spiro atoms. The van der Waals surface area contributed by atoms with Crippen molar-refractivity contribution in [2.75, 3.05) is 45.7 Å². The highest BCUT2D eigenvalue weighted by molar-refractivity contribution is 5.95. The van der Waals surface area contributed by atoms with E-state index in [2.05, 4.69) is 22.3 Å². The van der Waals surface area contributed by atoms with Gasteiger partial charge in [-0.25, -0.2) is 0 Å². The van der Waals surface area contributed by atoms with Gasteiger partial charge in [0, 0.05) is 31.9 Å². The van der Waals surface area contributed by atoms with Gasteiger partial charge in [-0.1, -0.05) is 24.6 Å². The van der Waals surface area contributed by atoms with Crippen LogP contribution in [-0.2, 0) is 0 Å². The van der Waals surface area contributed by atoms with Gasteiger partial charge in [-0.05, 0) is 61.8 Å². The third-order valence-electron chi connectivity index (χ3n) is 5.41. The van der Waals surface area contributed by atoms with E-state index < -0.39 is 0 Å². The third kappa shape index (κ3) is 5.04. The first-order valence-electron chi connectivity index (χ1n) is 10.0. The van der Waals surface area contributed by atoms with E-state index in [9.17, 15) is 4.79 Å². The van der Waals surface area contributed by atoms with Crippen molar-refractivity contribution in [1.82, 2.24) is 10.2 Å². The number of nitrogens with one attached hydrogen (secondary N) is 1. The fourth-order valence-electron chi connectivity index (χ4n) is 3.73. The molecule has 1 unspecified atom stereocenters. The summed E-state index contributed by atoms with van der Waals surface area (Å²) in [5.41, 5.74) is 2.93. The van der Waals surface area contributed by atoms with E-state index >= 15 is 0 Å². The largest absolute Gasteiger partial charge is 0.497 e. The lowest BCUT2D eigenvalue weighted by molar-refractivity contribution is 0.0924. The van der Waals surface area contributed by atoms with Gasteiger partial charge >= 0.3 is 0 Å². The fraction of sp³-hybridized carbons (Fsp3) is 0.435. The van der Waals surface area contributed by atoms with E-state index in [1.807, 2.05) is 55.4 Å². The van der Waals surface area contributed by atoms with Crippen molar-refractivity contribution in [2.24, 2.45) is 0 Å². The number of benzene rings is 2. The molecule has 0 aliphatic carbocycles. The zero-order valence-electron chi connectivity index (χ0n) is 17.1. The second-order valence-corrected chi connectivity index (χ2v) is 7.54. The van der Waals surface area contributed by atoms with Gasteiger partial charge in [0.25, 0.3) is 5.91 Å². The summed E-state index contributed by atoms with van der Waals surface area (Å²) in [5, 5.41) is 3.16. The number of amides is 1. The maximum atomic E-state index is 12.8. The summed E-state index contributed by atoms with van der Waals surface area (Å²) in [5.74, 6) is 0.824. The van der Waals surface area contributed by atoms with Gasteiger partial charge in [0.05, 0.1) is 13.2 Å². The number of carbonyl (C=O) groups is 1. The first-order chi connectivity index (χ1) is 13.6. The Bertz CT molecular complexity index is 768. The summed E-state index contributed by atoms with van der Waals surface area (Å²) in [7, 11) is 5.64. The van der Waals surface area contributed by atoms with Crippen LogP contribution in [0.15, 0.2) is 48.5 Å². The number of carbonyl (C=O) groups excluding carboxylic acids is 1. The molecule has 5 nitrogen and oxygen atoms in total. The molecule has 0 bridgehead atoms. The minimum absolute atomic E-state index is 0.0285. The zero-order valence-corrected chi connectivity index (χ0v) is 17.1. The lowest BCUT2D eigenvalue weighted by Crippen LogP contribution is -2.40. The van der Waals surface area contributed by atoms with E-state index in [0.29, 0.717) is 12.1 Å². The second-order valence-electron chi connectivity index (χ2n) is 7.54. The topological polar surface area (TPSA) is 44.8 Å². The molecule has 5 heteroatoms. The van der Waals surface area contributed by atoms with Crippen LogP contribution in [-0.4, -0.2) is 51.6 Å². The molecule has 0 radical (unpaired) electrons. The smallest absolute Gasteiger partial charge is 0.251 e. The Morgan fingerprint density at radius 3 is 2.46 bits per heavy atom. The molecular formula is C23H31N3O2. The van der Waals surface area contributed by atoms with Crippen molar-refractivity contribution in [3.8, 4) is 5.75 Å². The van der Waals surface area contributed by atoms with E-state index in [-0.39, 0.29) is 11.9 Å². The molecule has 1 amide bonds. The van der Waals surface area contributed by atoms with Crippen LogP contribution >= 0.6 is 0 Å². The maximum absolute atomic E-state index is 12.8. The minimum atomic E-state index is -0.0285. The Morgan fingerprint density at radius 2 is 1.82 bits per heavy atom. The summed E-state index contributed by atoms with van der Waals surface area (Å²) in [6, 6.07) is 16.1. The predicted molar refractivity (Wildman–Crippen MR) is 114 cm³/mol. The maximum Gasteiger partial charge on any atom is 0.251 e. The number of likely N-dealkylation sites (tertiary alicyclic amines) is 1. The number of methoxy groups -OCH3 is 1. The van der Waals surface area contributed by atoms with E-state index in [0.717, 1.165) is 24.5 Å². The molecule has 2 aromatic carbocycles. The highest BCUT2D eigenvalue weighted by Crippen LogP contribution is 2.26. The summed E-state index contributed by atoms with van der Waals surface area (Å²) < 4.78 is 5.29. The molecule has 1 fully saturated rings. The Kier molecular flexibility index (Phi) is 6.93. The molecule has 2 aromatic rings. The second kappa shape index (κ2) is 9.60. The Morgan fingerprint density at radius 1 is 1.11 bits per heavy atom. The van der Waals surface area contributed by atoms with Crippen LogP contribution in [0.1, 0.15) is 41.2 Å². The normalized spacial score (nSPS) is 15.7. The van der Waals surface area contributed by atoms with Crippen LogP contribution in [0.3, 0.4) is 0 Å². The average Bonchev–Trinajstić information content (AvgIpc) is 2.75. The third-order valence-corrected chi connectivity index (χ3v) is 5.41. The molecule has 1 aliphatic rings. The van der Waals surface area contributed by atoms with E-state index in [1.54, 1.807) is 7.11 Å². The number of rotatable bonds is 7. The minimum Gasteiger partial charge on any atom is -0.497 e. The summed E-state index contributed by atoms with van der Waals surface area (Å²) in [6.07, 6.45) is 3.71. The molecule has 28 heavy (non-hydrogen) atoms. The SMILES string of the molecule is COc1ccc(C(CNC(=O)c2cccc(N(C)C)c2)N2CCCCC2)cc1.